The molecule has 5 heteroatoms. The van der Waals surface area contributed by atoms with E-state index in [1.54, 1.807) is 24.3 Å². The lowest BCUT2D eigenvalue weighted by molar-refractivity contribution is -0.120. The highest BCUT2D eigenvalue weighted by Gasteiger charge is 2.48. The van der Waals surface area contributed by atoms with Gasteiger partial charge in [0.2, 0.25) is 5.91 Å². The quantitative estimate of drug-likeness (QED) is 0.809. The van der Waals surface area contributed by atoms with Crippen LogP contribution in [0.1, 0.15) is 37.7 Å². The van der Waals surface area contributed by atoms with Crippen molar-refractivity contribution in [3.8, 4) is 5.75 Å². The predicted molar refractivity (Wildman–Crippen MR) is 91.1 cm³/mol. The van der Waals surface area contributed by atoms with Gasteiger partial charge in [-0.3, -0.25) is 4.79 Å². The number of amides is 1. The van der Waals surface area contributed by atoms with Crippen LogP contribution in [0.25, 0.3) is 6.08 Å². The monoisotopic (exact) mass is 347 g/mol. The number of alkyl halides is 2. The molecule has 5 rings (SSSR count). The van der Waals surface area contributed by atoms with Gasteiger partial charge in [0, 0.05) is 17.7 Å². The number of nitrogens with one attached hydrogen (secondary N) is 1. The Morgan fingerprint density at radius 2 is 1.72 bits per heavy atom. The third kappa shape index (κ3) is 3.55. The van der Waals surface area contributed by atoms with Crippen LogP contribution in [0.2, 0.25) is 0 Å². The number of carbonyl (C=O) groups is 1. The molecule has 4 aliphatic rings. The molecule has 1 aromatic carbocycles. The molecule has 0 radical (unpaired) electrons. The van der Waals surface area contributed by atoms with E-state index in [2.05, 4.69) is 10.1 Å². The summed E-state index contributed by atoms with van der Waals surface area (Å²) in [6.07, 6.45) is 9.33. The maximum absolute atomic E-state index is 12.4. The van der Waals surface area contributed by atoms with Gasteiger partial charge in [-0.05, 0) is 67.9 Å². The number of para-hydroxylation sites is 1. The molecule has 1 N–H and O–H groups in total. The molecule has 4 saturated carbocycles. The van der Waals surface area contributed by atoms with E-state index in [1.165, 1.54) is 44.2 Å². The van der Waals surface area contributed by atoms with Gasteiger partial charge in [-0.15, -0.1) is 0 Å². The Bertz CT molecular complexity index is 645. The second-order valence-corrected chi connectivity index (χ2v) is 7.71. The molecule has 3 nitrogen and oxygen atoms in total. The molecule has 1 amide bonds. The Morgan fingerprint density at radius 3 is 2.36 bits per heavy atom. The summed E-state index contributed by atoms with van der Waals surface area (Å²) in [5.41, 5.74) is 0.475. The smallest absolute Gasteiger partial charge is 0.387 e. The third-order valence-electron chi connectivity index (χ3n) is 6.08. The first-order valence-electron chi connectivity index (χ1n) is 9.11. The summed E-state index contributed by atoms with van der Waals surface area (Å²) in [6, 6.07) is 6.76. The van der Waals surface area contributed by atoms with Crippen LogP contribution in [0.4, 0.5) is 8.78 Å². The van der Waals surface area contributed by atoms with Crippen LogP contribution >= 0.6 is 0 Å². The van der Waals surface area contributed by atoms with E-state index in [1.807, 2.05) is 0 Å². The number of benzene rings is 1. The molecule has 4 bridgehead atoms. The van der Waals surface area contributed by atoms with Gasteiger partial charge in [0.05, 0.1) is 0 Å². The van der Waals surface area contributed by atoms with E-state index >= 15 is 0 Å². The molecular formula is C20H23F2NO2. The Kier molecular flexibility index (Phi) is 4.48. The number of hydrogen-bond acceptors (Lipinski definition) is 2. The van der Waals surface area contributed by atoms with Crippen LogP contribution in [0.5, 0.6) is 5.75 Å². The summed E-state index contributed by atoms with van der Waals surface area (Å²) in [5.74, 6) is 2.89. The molecule has 1 aromatic rings. The van der Waals surface area contributed by atoms with Crippen molar-refractivity contribution in [2.24, 2.45) is 23.7 Å². The number of ether oxygens (including phenoxy) is 1. The third-order valence-corrected chi connectivity index (χ3v) is 6.08. The number of carbonyl (C=O) groups excluding carboxylic acids is 1. The first kappa shape index (κ1) is 16.6. The van der Waals surface area contributed by atoms with Gasteiger partial charge in [0.15, 0.2) is 0 Å². The van der Waals surface area contributed by atoms with Crippen LogP contribution < -0.4 is 10.1 Å². The van der Waals surface area contributed by atoms with Crippen molar-refractivity contribution in [1.82, 2.24) is 5.32 Å². The normalized spacial score (nSPS) is 33.2. The largest absolute Gasteiger partial charge is 0.434 e. The fraction of sp³-hybridized carbons (Fsp3) is 0.550. The first-order chi connectivity index (χ1) is 12.1. The summed E-state index contributed by atoms with van der Waals surface area (Å²) in [5, 5.41) is 3.18. The molecular weight excluding hydrogens is 324 g/mol. The van der Waals surface area contributed by atoms with Crippen LogP contribution in [0.15, 0.2) is 30.3 Å². The van der Waals surface area contributed by atoms with Gasteiger partial charge in [0.25, 0.3) is 0 Å². The maximum Gasteiger partial charge on any atom is 0.387 e. The van der Waals surface area contributed by atoms with Crippen molar-refractivity contribution in [3.63, 3.8) is 0 Å². The van der Waals surface area contributed by atoms with Crippen LogP contribution in [-0.4, -0.2) is 18.6 Å². The van der Waals surface area contributed by atoms with Gasteiger partial charge in [-0.1, -0.05) is 18.2 Å². The number of rotatable bonds is 5. The summed E-state index contributed by atoms with van der Waals surface area (Å²) >= 11 is 0. The van der Waals surface area contributed by atoms with Gasteiger partial charge in [-0.2, -0.15) is 8.78 Å². The molecule has 0 spiro atoms. The minimum atomic E-state index is -2.88. The zero-order valence-electron chi connectivity index (χ0n) is 14.0. The fourth-order valence-corrected chi connectivity index (χ4v) is 5.36. The Morgan fingerprint density at radius 1 is 1.08 bits per heavy atom. The number of halogens is 2. The molecule has 0 saturated heterocycles. The Hall–Kier alpha value is -1.91. The van der Waals surface area contributed by atoms with Gasteiger partial charge in [0.1, 0.15) is 5.75 Å². The molecule has 0 unspecified atom stereocenters. The highest BCUT2D eigenvalue weighted by Crippen LogP contribution is 2.53. The summed E-state index contributed by atoms with van der Waals surface area (Å²) in [7, 11) is 0. The van der Waals surface area contributed by atoms with Crippen molar-refractivity contribution in [2.75, 3.05) is 0 Å². The lowest BCUT2D eigenvalue weighted by Crippen LogP contribution is -2.55. The predicted octanol–water partition coefficient (Wildman–Crippen LogP) is 4.24. The average molecular weight is 347 g/mol. The van der Waals surface area contributed by atoms with E-state index in [-0.39, 0.29) is 17.7 Å². The van der Waals surface area contributed by atoms with E-state index < -0.39 is 6.61 Å². The van der Waals surface area contributed by atoms with Crippen molar-refractivity contribution in [2.45, 2.75) is 44.8 Å². The van der Waals surface area contributed by atoms with Crippen molar-refractivity contribution >= 4 is 12.0 Å². The second kappa shape index (κ2) is 6.77. The lowest BCUT2D eigenvalue weighted by atomic mass is 9.54. The second-order valence-electron chi connectivity index (χ2n) is 7.71. The lowest BCUT2D eigenvalue weighted by Gasteiger charge is -2.54. The maximum atomic E-state index is 12.4. The Labute approximate surface area is 146 Å². The zero-order valence-corrected chi connectivity index (χ0v) is 14.0. The molecule has 0 atom stereocenters. The molecule has 25 heavy (non-hydrogen) atoms. The summed E-state index contributed by atoms with van der Waals surface area (Å²) in [6.45, 7) is -2.88. The molecule has 0 aliphatic heterocycles. The van der Waals surface area contributed by atoms with Crippen LogP contribution in [-0.2, 0) is 4.79 Å². The van der Waals surface area contributed by atoms with Gasteiger partial charge >= 0.3 is 6.61 Å². The first-order valence-corrected chi connectivity index (χ1v) is 9.11. The highest BCUT2D eigenvalue weighted by atomic mass is 19.3. The van der Waals surface area contributed by atoms with Crippen molar-refractivity contribution in [3.05, 3.63) is 35.9 Å². The van der Waals surface area contributed by atoms with Crippen LogP contribution in [0, 0.1) is 23.7 Å². The van der Waals surface area contributed by atoms with Gasteiger partial charge in [-0.25, -0.2) is 0 Å². The zero-order chi connectivity index (χ0) is 17.4. The number of hydrogen-bond donors (Lipinski definition) is 1. The summed E-state index contributed by atoms with van der Waals surface area (Å²) in [4.78, 5) is 12.4. The van der Waals surface area contributed by atoms with E-state index in [0.29, 0.717) is 17.4 Å². The van der Waals surface area contributed by atoms with Crippen molar-refractivity contribution in [1.29, 1.82) is 0 Å². The van der Waals surface area contributed by atoms with Crippen LogP contribution in [0.3, 0.4) is 0 Å². The van der Waals surface area contributed by atoms with E-state index in [4.69, 9.17) is 0 Å². The summed E-state index contributed by atoms with van der Waals surface area (Å²) < 4.78 is 29.4. The van der Waals surface area contributed by atoms with Crippen molar-refractivity contribution < 1.29 is 18.3 Å². The molecule has 0 heterocycles. The SMILES string of the molecule is O=C(/C=C/c1ccccc1OC(F)F)NC1C2CC3CC(C2)CC1C3. The average Bonchev–Trinajstić information content (AvgIpc) is 2.56. The minimum Gasteiger partial charge on any atom is -0.434 e. The van der Waals surface area contributed by atoms with E-state index in [0.717, 1.165) is 11.8 Å². The van der Waals surface area contributed by atoms with Gasteiger partial charge < -0.3 is 10.1 Å². The molecule has 4 fully saturated rings. The fourth-order valence-electron chi connectivity index (χ4n) is 5.36. The highest BCUT2D eigenvalue weighted by molar-refractivity contribution is 5.92. The van der Waals surface area contributed by atoms with E-state index in [9.17, 15) is 13.6 Å². The topological polar surface area (TPSA) is 38.3 Å². The molecule has 134 valence electrons. The molecule has 4 aliphatic carbocycles. The molecule has 0 aromatic heterocycles. The standard InChI is InChI=1S/C20H23F2NO2/c21-20(22)25-17-4-2-1-3-14(17)5-6-18(24)23-19-15-8-12-7-13(10-15)11-16(19)9-12/h1-6,12-13,15-16,19-20H,7-11H2,(H,23,24)/b6-5+. The minimum absolute atomic E-state index is 0.0798. The Balaban J connectivity index is 1.40.